The van der Waals surface area contributed by atoms with Crippen molar-refractivity contribution in [3.8, 4) is 0 Å². The zero-order chi connectivity index (χ0) is 15.9. The molecular weight excluding hydrogens is 274 g/mol. The van der Waals surface area contributed by atoms with Crippen molar-refractivity contribution < 1.29 is 0 Å². The van der Waals surface area contributed by atoms with Gasteiger partial charge in [0.15, 0.2) is 5.82 Å². The summed E-state index contributed by atoms with van der Waals surface area (Å²) in [5.74, 6) is 1.42. The summed E-state index contributed by atoms with van der Waals surface area (Å²) in [6, 6.07) is 6.28. The van der Waals surface area contributed by atoms with Gasteiger partial charge in [-0.15, -0.1) is 5.10 Å². The maximum Gasteiger partial charge on any atom is 0.247 e. The standard InChI is InChI=1S/C17H25N5/c1-5-9-22(10-6-2)17-20-16(12-18-21-17)19-15-8-7-13(3)14(4)11-15/h7-8,11-12H,5-6,9-10H2,1-4H3,(H,19,20,21). The summed E-state index contributed by atoms with van der Waals surface area (Å²) in [5, 5.41) is 11.6. The normalized spacial score (nSPS) is 10.5. The average Bonchev–Trinajstić information content (AvgIpc) is 2.51. The molecule has 1 heterocycles. The third-order valence-electron chi connectivity index (χ3n) is 3.60. The van der Waals surface area contributed by atoms with Gasteiger partial charge in [0, 0.05) is 18.8 Å². The van der Waals surface area contributed by atoms with Gasteiger partial charge in [0.05, 0.1) is 6.20 Å². The van der Waals surface area contributed by atoms with Crippen molar-refractivity contribution in [3.05, 3.63) is 35.5 Å². The zero-order valence-electron chi connectivity index (χ0n) is 13.9. The average molecular weight is 299 g/mol. The molecule has 0 atom stereocenters. The molecule has 0 spiro atoms. The number of rotatable bonds is 7. The Hall–Kier alpha value is -2.17. The van der Waals surface area contributed by atoms with E-state index in [1.54, 1.807) is 6.20 Å². The number of hydrogen-bond donors (Lipinski definition) is 1. The predicted molar refractivity (Wildman–Crippen MR) is 91.8 cm³/mol. The minimum atomic E-state index is 0.692. The summed E-state index contributed by atoms with van der Waals surface area (Å²) < 4.78 is 0. The lowest BCUT2D eigenvalue weighted by atomic mass is 10.1. The molecule has 5 heteroatoms. The second-order valence-electron chi connectivity index (χ2n) is 5.55. The Bertz CT molecular complexity index is 606. The molecule has 0 fully saturated rings. The lowest BCUT2D eigenvalue weighted by Gasteiger charge is -2.21. The third-order valence-corrected chi connectivity index (χ3v) is 3.60. The first-order chi connectivity index (χ1) is 10.6. The van der Waals surface area contributed by atoms with E-state index >= 15 is 0 Å². The number of benzene rings is 1. The van der Waals surface area contributed by atoms with Crippen LogP contribution in [0.15, 0.2) is 24.4 Å². The van der Waals surface area contributed by atoms with E-state index in [0.29, 0.717) is 5.95 Å². The summed E-state index contributed by atoms with van der Waals surface area (Å²) in [4.78, 5) is 6.78. The van der Waals surface area contributed by atoms with Gasteiger partial charge in [-0.25, -0.2) is 0 Å². The Morgan fingerprint density at radius 1 is 1.05 bits per heavy atom. The van der Waals surface area contributed by atoms with Gasteiger partial charge in [-0.1, -0.05) is 19.9 Å². The van der Waals surface area contributed by atoms with Crippen LogP contribution < -0.4 is 10.2 Å². The Kier molecular flexibility index (Phi) is 5.69. The molecule has 0 radical (unpaired) electrons. The number of nitrogens with one attached hydrogen (secondary N) is 1. The van der Waals surface area contributed by atoms with Crippen LogP contribution in [0.3, 0.4) is 0 Å². The maximum atomic E-state index is 4.60. The van der Waals surface area contributed by atoms with E-state index in [1.807, 2.05) is 0 Å². The topological polar surface area (TPSA) is 53.9 Å². The molecule has 118 valence electrons. The minimum Gasteiger partial charge on any atom is -0.339 e. The van der Waals surface area contributed by atoms with Gasteiger partial charge in [0.1, 0.15) is 0 Å². The van der Waals surface area contributed by atoms with Gasteiger partial charge in [-0.2, -0.15) is 10.1 Å². The van der Waals surface area contributed by atoms with Crippen LogP contribution in [-0.2, 0) is 0 Å². The van der Waals surface area contributed by atoms with Gasteiger partial charge >= 0.3 is 0 Å². The fraction of sp³-hybridized carbons (Fsp3) is 0.471. The third kappa shape index (κ3) is 4.16. The quantitative estimate of drug-likeness (QED) is 0.841. The van der Waals surface area contributed by atoms with Crippen molar-refractivity contribution in [2.75, 3.05) is 23.3 Å². The van der Waals surface area contributed by atoms with Crippen LogP contribution in [0.2, 0.25) is 0 Å². The number of aryl methyl sites for hydroxylation is 2. The van der Waals surface area contributed by atoms with Gasteiger partial charge in [0.25, 0.3) is 0 Å². The lowest BCUT2D eigenvalue weighted by Crippen LogP contribution is -2.27. The Labute approximate surface area is 132 Å². The monoisotopic (exact) mass is 299 g/mol. The van der Waals surface area contributed by atoms with E-state index in [2.05, 4.69) is 71.3 Å². The van der Waals surface area contributed by atoms with Crippen molar-refractivity contribution in [2.45, 2.75) is 40.5 Å². The van der Waals surface area contributed by atoms with E-state index in [-0.39, 0.29) is 0 Å². The Morgan fingerprint density at radius 2 is 1.77 bits per heavy atom. The van der Waals surface area contributed by atoms with Crippen molar-refractivity contribution in [2.24, 2.45) is 0 Å². The molecule has 0 unspecified atom stereocenters. The molecule has 5 nitrogen and oxygen atoms in total. The van der Waals surface area contributed by atoms with Crippen LogP contribution in [0, 0.1) is 13.8 Å². The molecule has 1 N–H and O–H groups in total. The summed E-state index contributed by atoms with van der Waals surface area (Å²) in [7, 11) is 0. The molecule has 0 aliphatic rings. The molecule has 0 aliphatic carbocycles. The van der Waals surface area contributed by atoms with Gasteiger partial charge in [-0.05, 0) is 49.9 Å². The first kappa shape index (κ1) is 16.2. The number of aromatic nitrogens is 3. The molecule has 2 aromatic rings. The molecule has 1 aromatic carbocycles. The molecule has 0 aliphatic heterocycles. The van der Waals surface area contributed by atoms with E-state index in [4.69, 9.17) is 0 Å². The van der Waals surface area contributed by atoms with Crippen LogP contribution in [0.25, 0.3) is 0 Å². The van der Waals surface area contributed by atoms with Crippen molar-refractivity contribution in [1.29, 1.82) is 0 Å². The van der Waals surface area contributed by atoms with Crippen LogP contribution in [-0.4, -0.2) is 28.3 Å². The Morgan fingerprint density at radius 3 is 2.41 bits per heavy atom. The molecule has 0 saturated heterocycles. The Balaban J connectivity index is 2.18. The predicted octanol–water partition coefficient (Wildman–Crippen LogP) is 3.86. The minimum absolute atomic E-state index is 0.692. The molecule has 22 heavy (non-hydrogen) atoms. The van der Waals surface area contributed by atoms with E-state index in [9.17, 15) is 0 Å². The van der Waals surface area contributed by atoms with Crippen molar-refractivity contribution in [1.82, 2.24) is 15.2 Å². The summed E-state index contributed by atoms with van der Waals surface area (Å²) >= 11 is 0. The highest BCUT2D eigenvalue weighted by Gasteiger charge is 2.09. The SMILES string of the molecule is CCCN(CCC)c1nncc(Nc2ccc(C)c(C)c2)n1. The van der Waals surface area contributed by atoms with Gasteiger partial charge in [0.2, 0.25) is 5.95 Å². The molecule has 0 bridgehead atoms. The zero-order valence-corrected chi connectivity index (χ0v) is 13.9. The summed E-state index contributed by atoms with van der Waals surface area (Å²) in [6.45, 7) is 10.4. The highest BCUT2D eigenvalue weighted by atomic mass is 15.3. The van der Waals surface area contributed by atoms with Crippen LogP contribution in [0.5, 0.6) is 0 Å². The maximum absolute atomic E-state index is 4.60. The van der Waals surface area contributed by atoms with E-state index in [1.165, 1.54) is 11.1 Å². The summed E-state index contributed by atoms with van der Waals surface area (Å²) in [5.41, 5.74) is 3.56. The molecule has 0 saturated carbocycles. The molecule has 1 aromatic heterocycles. The van der Waals surface area contributed by atoms with E-state index < -0.39 is 0 Å². The fourth-order valence-corrected chi connectivity index (χ4v) is 2.31. The van der Waals surface area contributed by atoms with E-state index in [0.717, 1.165) is 37.4 Å². The molecule has 0 amide bonds. The number of hydrogen-bond acceptors (Lipinski definition) is 5. The fourth-order valence-electron chi connectivity index (χ4n) is 2.31. The largest absolute Gasteiger partial charge is 0.339 e. The second kappa shape index (κ2) is 7.73. The first-order valence-corrected chi connectivity index (χ1v) is 7.93. The van der Waals surface area contributed by atoms with Gasteiger partial charge < -0.3 is 10.2 Å². The van der Waals surface area contributed by atoms with Crippen molar-refractivity contribution in [3.63, 3.8) is 0 Å². The first-order valence-electron chi connectivity index (χ1n) is 7.93. The molecular formula is C17H25N5. The van der Waals surface area contributed by atoms with Crippen molar-refractivity contribution >= 4 is 17.5 Å². The number of anilines is 3. The highest BCUT2D eigenvalue weighted by molar-refractivity contribution is 5.58. The van der Waals surface area contributed by atoms with Crippen LogP contribution in [0.4, 0.5) is 17.5 Å². The van der Waals surface area contributed by atoms with Crippen LogP contribution >= 0.6 is 0 Å². The highest BCUT2D eigenvalue weighted by Crippen LogP contribution is 2.19. The number of nitrogens with zero attached hydrogens (tertiary/aromatic N) is 4. The molecule has 2 rings (SSSR count). The van der Waals surface area contributed by atoms with Crippen LogP contribution in [0.1, 0.15) is 37.8 Å². The second-order valence-corrected chi connectivity index (χ2v) is 5.55. The smallest absolute Gasteiger partial charge is 0.247 e. The van der Waals surface area contributed by atoms with Gasteiger partial charge in [-0.3, -0.25) is 0 Å². The summed E-state index contributed by atoms with van der Waals surface area (Å²) in [6.07, 6.45) is 3.80. The lowest BCUT2D eigenvalue weighted by molar-refractivity contribution is 0.711.